The van der Waals surface area contributed by atoms with E-state index in [1.54, 1.807) is 0 Å². The molecule has 1 fully saturated rings. The lowest BCUT2D eigenvalue weighted by atomic mass is 10.0. The quantitative estimate of drug-likeness (QED) is 0.857. The van der Waals surface area contributed by atoms with Crippen LogP contribution in [0, 0.1) is 12.8 Å². The number of nitrogens with zero attached hydrogens (tertiary/aromatic N) is 1. The number of aromatic hydroxyl groups is 1. The van der Waals surface area contributed by atoms with Gasteiger partial charge in [-0.1, -0.05) is 24.6 Å². The van der Waals surface area contributed by atoms with E-state index in [-0.39, 0.29) is 0 Å². The average molecular weight is 247 g/mol. The highest BCUT2D eigenvalue weighted by molar-refractivity contribution is 5.37. The molecule has 1 aromatic carbocycles. The van der Waals surface area contributed by atoms with Gasteiger partial charge in [0, 0.05) is 11.6 Å². The molecule has 1 heterocycles. The van der Waals surface area contributed by atoms with Crippen molar-refractivity contribution in [1.29, 1.82) is 0 Å². The number of likely N-dealkylation sites (tertiary alicyclic amines) is 1. The van der Waals surface area contributed by atoms with Crippen LogP contribution in [0.5, 0.6) is 5.75 Å². The maximum Gasteiger partial charge on any atom is 0.120 e. The van der Waals surface area contributed by atoms with Crippen molar-refractivity contribution in [3.63, 3.8) is 0 Å². The van der Waals surface area contributed by atoms with Crippen LogP contribution in [0.4, 0.5) is 0 Å². The first kappa shape index (κ1) is 13.4. The van der Waals surface area contributed by atoms with Crippen molar-refractivity contribution < 1.29 is 5.11 Å². The zero-order chi connectivity index (χ0) is 13.1. The zero-order valence-corrected chi connectivity index (χ0v) is 11.8. The summed E-state index contributed by atoms with van der Waals surface area (Å²) in [7, 11) is 0. The number of phenolic OH excluding ortho intramolecular Hbond substituents is 1. The largest absolute Gasteiger partial charge is 0.508 e. The first-order valence-corrected chi connectivity index (χ1v) is 7.11. The van der Waals surface area contributed by atoms with Gasteiger partial charge in [-0.25, -0.2) is 0 Å². The van der Waals surface area contributed by atoms with Gasteiger partial charge in [-0.3, -0.25) is 4.90 Å². The van der Waals surface area contributed by atoms with E-state index in [4.69, 9.17) is 0 Å². The Balaban J connectivity index is 2.14. The summed E-state index contributed by atoms with van der Waals surface area (Å²) in [5, 5.41) is 10.0. The predicted molar refractivity (Wildman–Crippen MR) is 75.8 cm³/mol. The molecule has 0 aromatic heterocycles. The Morgan fingerprint density at radius 3 is 2.83 bits per heavy atom. The van der Waals surface area contributed by atoms with E-state index < -0.39 is 0 Å². The summed E-state index contributed by atoms with van der Waals surface area (Å²) in [6.45, 7) is 8.94. The van der Waals surface area contributed by atoms with Crippen LogP contribution in [-0.4, -0.2) is 23.1 Å². The number of hydrogen-bond donors (Lipinski definition) is 1. The summed E-state index contributed by atoms with van der Waals surface area (Å²) in [6.07, 6.45) is 3.89. The highest BCUT2D eigenvalue weighted by atomic mass is 16.3. The van der Waals surface area contributed by atoms with Crippen molar-refractivity contribution in [3.05, 3.63) is 29.3 Å². The van der Waals surface area contributed by atoms with Crippen molar-refractivity contribution in [2.24, 2.45) is 5.92 Å². The summed E-state index contributed by atoms with van der Waals surface area (Å²) in [4.78, 5) is 2.51. The van der Waals surface area contributed by atoms with Crippen LogP contribution < -0.4 is 0 Å². The molecular formula is C16H25NO. The summed E-state index contributed by atoms with van der Waals surface area (Å²) in [5.41, 5.74) is 2.29. The smallest absolute Gasteiger partial charge is 0.120 e. The van der Waals surface area contributed by atoms with E-state index in [9.17, 15) is 5.11 Å². The number of aryl methyl sites for hydroxylation is 1. The van der Waals surface area contributed by atoms with Crippen LogP contribution in [-0.2, 0) is 0 Å². The Morgan fingerprint density at radius 2 is 2.06 bits per heavy atom. The van der Waals surface area contributed by atoms with Gasteiger partial charge in [-0.15, -0.1) is 0 Å². The van der Waals surface area contributed by atoms with Gasteiger partial charge in [0.05, 0.1) is 0 Å². The van der Waals surface area contributed by atoms with Crippen LogP contribution in [0.2, 0.25) is 0 Å². The molecule has 1 aromatic rings. The highest BCUT2D eigenvalue weighted by Crippen LogP contribution is 2.31. The third-order valence-electron chi connectivity index (χ3n) is 4.23. The first-order chi connectivity index (χ1) is 8.58. The fourth-order valence-corrected chi connectivity index (χ4v) is 2.88. The molecule has 0 saturated carbocycles. The summed E-state index contributed by atoms with van der Waals surface area (Å²) in [5.74, 6) is 1.28. The van der Waals surface area contributed by atoms with Crippen molar-refractivity contribution in [2.75, 3.05) is 13.1 Å². The molecule has 2 atom stereocenters. The molecular weight excluding hydrogens is 222 g/mol. The van der Waals surface area contributed by atoms with Crippen LogP contribution in [0.3, 0.4) is 0 Å². The molecule has 2 nitrogen and oxygen atoms in total. The summed E-state index contributed by atoms with van der Waals surface area (Å²) >= 11 is 0. The standard InChI is InChI=1S/C16H25NO/c1-12-5-4-9-17(10-8-12)14(3)15-11-13(2)6-7-16(15)18/h6-7,11-12,14,18H,4-5,8-10H2,1-3H3. The second kappa shape index (κ2) is 5.75. The molecule has 1 aliphatic rings. The normalized spacial score (nSPS) is 23.6. The molecule has 0 amide bonds. The second-order valence-electron chi connectivity index (χ2n) is 5.81. The molecule has 2 heteroatoms. The average Bonchev–Trinajstić information content (AvgIpc) is 2.56. The van der Waals surface area contributed by atoms with E-state index in [2.05, 4.69) is 31.7 Å². The first-order valence-electron chi connectivity index (χ1n) is 7.11. The van der Waals surface area contributed by atoms with Gasteiger partial charge in [-0.2, -0.15) is 0 Å². The molecule has 0 bridgehead atoms. The molecule has 2 unspecified atom stereocenters. The molecule has 1 aliphatic heterocycles. The molecule has 1 N–H and O–H groups in total. The third kappa shape index (κ3) is 3.05. The Bertz CT molecular complexity index is 402. The monoisotopic (exact) mass is 247 g/mol. The van der Waals surface area contributed by atoms with E-state index in [0.29, 0.717) is 11.8 Å². The number of phenols is 1. The summed E-state index contributed by atoms with van der Waals surface area (Å²) < 4.78 is 0. The fourth-order valence-electron chi connectivity index (χ4n) is 2.88. The zero-order valence-electron chi connectivity index (χ0n) is 11.8. The lowest BCUT2D eigenvalue weighted by molar-refractivity contribution is 0.213. The summed E-state index contributed by atoms with van der Waals surface area (Å²) in [6, 6.07) is 6.22. The molecule has 100 valence electrons. The van der Waals surface area contributed by atoms with Crippen molar-refractivity contribution in [2.45, 2.75) is 46.1 Å². The molecule has 2 rings (SSSR count). The molecule has 0 spiro atoms. The van der Waals surface area contributed by atoms with Crippen molar-refractivity contribution >= 4 is 0 Å². The van der Waals surface area contributed by atoms with Gasteiger partial charge >= 0.3 is 0 Å². The van der Waals surface area contributed by atoms with E-state index in [1.165, 1.54) is 24.8 Å². The van der Waals surface area contributed by atoms with Gasteiger partial charge < -0.3 is 5.11 Å². The Morgan fingerprint density at radius 1 is 1.28 bits per heavy atom. The second-order valence-corrected chi connectivity index (χ2v) is 5.81. The van der Waals surface area contributed by atoms with Gasteiger partial charge in [0.2, 0.25) is 0 Å². The van der Waals surface area contributed by atoms with Crippen LogP contribution in [0.1, 0.15) is 50.3 Å². The predicted octanol–water partition coefficient (Wildman–Crippen LogP) is 3.88. The molecule has 1 saturated heterocycles. The Labute approximate surface area is 111 Å². The fraction of sp³-hybridized carbons (Fsp3) is 0.625. The minimum atomic E-state index is 0.315. The number of benzene rings is 1. The third-order valence-corrected chi connectivity index (χ3v) is 4.23. The molecule has 0 aliphatic carbocycles. The molecule has 18 heavy (non-hydrogen) atoms. The topological polar surface area (TPSA) is 23.5 Å². The lowest BCUT2D eigenvalue weighted by Gasteiger charge is -2.28. The van der Waals surface area contributed by atoms with Gasteiger partial charge in [0.15, 0.2) is 0 Å². The van der Waals surface area contributed by atoms with Crippen LogP contribution in [0.15, 0.2) is 18.2 Å². The van der Waals surface area contributed by atoms with Crippen LogP contribution >= 0.6 is 0 Å². The minimum absolute atomic E-state index is 0.315. The number of rotatable bonds is 2. The maximum atomic E-state index is 10.0. The van der Waals surface area contributed by atoms with Crippen molar-refractivity contribution in [1.82, 2.24) is 4.90 Å². The minimum Gasteiger partial charge on any atom is -0.508 e. The van der Waals surface area contributed by atoms with Crippen LogP contribution in [0.25, 0.3) is 0 Å². The van der Waals surface area contributed by atoms with E-state index >= 15 is 0 Å². The Kier molecular flexibility index (Phi) is 4.28. The van der Waals surface area contributed by atoms with Gasteiger partial charge in [0.1, 0.15) is 5.75 Å². The Hall–Kier alpha value is -1.02. The van der Waals surface area contributed by atoms with Gasteiger partial charge in [0.25, 0.3) is 0 Å². The maximum absolute atomic E-state index is 10.0. The highest BCUT2D eigenvalue weighted by Gasteiger charge is 2.21. The van der Waals surface area contributed by atoms with E-state index in [1.807, 2.05) is 12.1 Å². The van der Waals surface area contributed by atoms with Gasteiger partial charge in [-0.05, 0) is 58.2 Å². The van der Waals surface area contributed by atoms with Crippen molar-refractivity contribution in [3.8, 4) is 5.75 Å². The number of hydrogen-bond acceptors (Lipinski definition) is 2. The SMILES string of the molecule is Cc1ccc(O)c(C(C)N2CCCC(C)CC2)c1. The lowest BCUT2D eigenvalue weighted by Crippen LogP contribution is -2.28. The van der Waals surface area contributed by atoms with E-state index in [0.717, 1.165) is 24.6 Å². The molecule has 0 radical (unpaired) electrons.